The van der Waals surface area contributed by atoms with Gasteiger partial charge in [0.05, 0.1) is 19.9 Å². The van der Waals surface area contributed by atoms with E-state index in [-0.39, 0.29) is 17.8 Å². The van der Waals surface area contributed by atoms with E-state index in [1.54, 1.807) is 0 Å². The van der Waals surface area contributed by atoms with E-state index < -0.39 is 17.4 Å². The summed E-state index contributed by atoms with van der Waals surface area (Å²) in [6, 6.07) is 1.19. The van der Waals surface area contributed by atoms with Crippen LogP contribution in [0.25, 0.3) is 0 Å². The third-order valence-electron chi connectivity index (χ3n) is 2.52. The minimum Gasteiger partial charge on any atom is -0.468 e. The quantitative estimate of drug-likeness (QED) is 0.447. The topological polar surface area (TPSA) is 87.6 Å². The molecule has 0 spiro atoms. The number of aromatic nitrogens is 2. The Kier molecular flexibility index (Phi) is 5.05. The number of nitrogens with zero attached hydrogens (tertiary/aromatic N) is 2. The summed E-state index contributed by atoms with van der Waals surface area (Å²) >= 11 is 5.40. The van der Waals surface area contributed by atoms with Gasteiger partial charge in [0, 0.05) is 6.20 Å². The maximum Gasteiger partial charge on any atom is 0.329 e. The van der Waals surface area contributed by atoms with Crippen molar-refractivity contribution in [2.45, 2.75) is 12.3 Å². The van der Waals surface area contributed by atoms with Gasteiger partial charge in [-0.15, -0.1) is 0 Å². The molecule has 0 fully saturated rings. The minimum atomic E-state index is -1.70. The van der Waals surface area contributed by atoms with E-state index in [0.29, 0.717) is 0 Å². The van der Waals surface area contributed by atoms with Crippen molar-refractivity contribution in [1.82, 2.24) is 9.97 Å². The Labute approximate surface area is 114 Å². The van der Waals surface area contributed by atoms with Crippen molar-refractivity contribution in [3.63, 3.8) is 0 Å². The third-order valence-corrected chi connectivity index (χ3v) is 2.63. The molecule has 0 saturated carbocycles. The number of carbonyl (C=O) groups is 2. The average molecular weight is 289 g/mol. The SMILES string of the molecule is COC(=O)C(C)(C(=O)OC)c1ccnc(OCCl)n1. The zero-order valence-electron chi connectivity index (χ0n) is 10.7. The summed E-state index contributed by atoms with van der Waals surface area (Å²) in [5, 5.41) is 0. The molecule has 0 N–H and O–H groups in total. The predicted octanol–water partition coefficient (Wildman–Crippen LogP) is 0.655. The summed E-state index contributed by atoms with van der Waals surface area (Å²) in [6.45, 7) is 1.34. The molecule has 0 aliphatic rings. The van der Waals surface area contributed by atoms with Crippen LogP contribution in [-0.2, 0) is 24.5 Å². The first-order chi connectivity index (χ1) is 9.00. The van der Waals surface area contributed by atoms with Gasteiger partial charge in [0.15, 0.2) is 6.07 Å². The predicted molar refractivity (Wildman–Crippen MR) is 64.8 cm³/mol. The summed E-state index contributed by atoms with van der Waals surface area (Å²) in [5.74, 6) is -1.59. The van der Waals surface area contributed by atoms with Gasteiger partial charge in [0.1, 0.15) is 0 Å². The first kappa shape index (κ1) is 15.2. The van der Waals surface area contributed by atoms with Crippen LogP contribution in [-0.4, -0.2) is 42.2 Å². The highest BCUT2D eigenvalue weighted by Gasteiger charge is 2.47. The molecule has 1 aromatic heterocycles. The Balaban J connectivity index is 3.29. The number of hydrogen-bond donors (Lipinski definition) is 0. The molecular weight excluding hydrogens is 276 g/mol. The van der Waals surface area contributed by atoms with E-state index in [4.69, 9.17) is 16.3 Å². The number of methoxy groups -OCH3 is 2. The number of hydrogen-bond acceptors (Lipinski definition) is 7. The molecular formula is C11H13ClN2O5. The smallest absolute Gasteiger partial charge is 0.329 e. The van der Waals surface area contributed by atoms with Gasteiger partial charge in [-0.2, -0.15) is 4.98 Å². The third kappa shape index (κ3) is 2.93. The van der Waals surface area contributed by atoms with Crippen molar-refractivity contribution in [3.8, 4) is 6.01 Å². The van der Waals surface area contributed by atoms with Gasteiger partial charge in [0.25, 0.3) is 0 Å². The van der Waals surface area contributed by atoms with Gasteiger partial charge in [-0.25, -0.2) is 4.98 Å². The van der Waals surface area contributed by atoms with Crippen LogP contribution in [0, 0.1) is 0 Å². The Hall–Kier alpha value is -1.89. The lowest BCUT2D eigenvalue weighted by molar-refractivity contribution is -0.161. The highest BCUT2D eigenvalue weighted by Crippen LogP contribution is 2.26. The van der Waals surface area contributed by atoms with E-state index >= 15 is 0 Å². The zero-order valence-corrected chi connectivity index (χ0v) is 11.4. The van der Waals surface area contributed by atoms with Crippen molar-refractivity contribution in [3.05, 3.63) is 18.0 Å². The molecule has 1 aromatic rings. The fraction of sp³-hybridized carbons (Fsp3) is 0.455. The fourth-order valence-electron chi connectivity index (χ4n) is 1.44. The van der Waals surface area contributed by atoms with Crippen LogP contribution in [0.1, 0.15) is 12.6 Å². The maximum absolute atomic E-state index is 11.9. The highest BCUT2D eigenvalue weighted by atomic mass is 35.5. The second-order valence-electron chi connectivity index (χ2n) is 3.59. The number of ether oxygens (including phenoxy) is 3. The summed E-state index contributed by atoms with van der Waals surface area (Å²) < 4.78 is 14.2. The van der Waals surface area contributed by atoms with Crippen LogP contribution in [0.2, 0.25) is 0 Å². The summed E-state index contributed by atoms with van der Waals surface area (Å²) in [5.41, 5.74) is -1.60. The van der Waals surface area contributed by atoms with E-state index in [1.165, 1.54) is 33.4 Å². The van der Waals surface area contributed by atoms with Crippen LogP contribution in [0.5, 0.6) is 6.01 Å². The summed E-state index contributed by atoms with van der Waals surface area (Å²) in [7, 11) is 2.34. The molecule has 1 rings (SSSR count). The molecule has 0 bridgehead atoms. The van der Waals surface area contributed by atoms with E-state index in [1.807, 2.05) is 0 Å². The minimum absolute atomic E-state index is 0.0495. The van der Waals surface area contributed by atoms with Crippen LogP contribution in [0.3, 0.4) is 0 Å². The first-order valence-electron chi connectivity index (χ1n) is 5.19. The van der Waals surface area contributed by atoms with Crippen molar-refractivity contribution in [1.29, 1.82) is 0 Å². The average Bonchev–Trinajstić information content (AvgIpc) is 2.45. The van der Waals surface area contributed by atoms with Crippen LogP contribution < -0.4 is 4.74 Å². The molecule has 1 heterocycles. The van der Waals surface area contributed by atoms with Gasteiger partial charge >= 0.3 is 17.9 Å². The second kappa shape index (κ2) is 6.33. The summed E-state index contributed by atoms with van der Waals surface area (Å²) in [4.78, 5) is 31.5. The van der Waals surface area contributed by atoms with Crippen LogP contribution in [0.15, 0.2) is 12.3 Å². The normalized spacial score (nSPS) is 10.7. The molecule has 0 aromatic carbocycles. The molecule has 19 heavy (non-hydrogen) atoms. The number of esters is 2. The molecule has 0 atom stereocenters. The number of halogens is 1. The molecule has 0 aliphatic heterocycles. The van der Waals surface area contributed by atoms with Gasteiger partial charge in [-0.3, -0.25) is 9.59 Å². The largest absolute Gasteiger partial charge is 0.468 e. The van der Waals surface area contributed by atoms with Gasteiger partial charge in [-0.1, -0.05) is 11.6 Å². The Morgan fingerprint density at radius 1 is 1.32 bits per heavy atom. The standard InChI is InChI=1S/C11H13ClN2O5/c1-11(8(15)17-2,9(16)18-3)7-4-5-13-10(14-7)19-6-12/h4-5H,6H2,1-3H3. The van der Waals surface area contributed by atoms with Gasteiger partial charge in [0.2, 0.25) is 5.41 Å². The highest BCUT2D eigenvalue weighted by molar-refractivity contribution is 6.17. The molecule has 0 saturated heterocycles. The van der Waals surface area contributed by atoms with Crippen LogP contribution in [0.4, 0.5) is 0 Å². The lowest BCUT2D eigenvalue weighted by atomic mass is 9.86. The monoisotopic (exact) mass is 288 g/mol. The van der Waals surface area contributed by atoms with Gasteiger partial charge in [-0.05, 0) is 13.0 Å². The first-order valence-corrected chi connectivity index (χ1v) is 5.73. The van der Waals surface area contributed by atoms with Gasteiger partial charge < -0.3 is 14.2 Å². The molecule has 0 radical (unpaired) electrons. The lowest BCUT2D eigenvalue weighted by Gasteiger charge is -2.22. The molecule has 0 aliphatic carbocycles. The molecule has 7 nitrogen and oxygen atoms in total. The van der Waals surface area contributed by atoms with Crippen LogP contribution >= 0.6 is 11.6 Å². The molecule has 8 heteroatoms. The molecule has 104 valence electrons. The Morgan fingerprint density at radius 2 is 1.89 bits per heavy atom. The van der Waals surface area contributed by atoms with Crippen molar-refractivity contribution >= 4 is 23.5 Å². The van der Waals surface area contributed by atoms with E-state index in [9.17, 15) is 9.59 Å². The lowest BCUT2D eigenvalue weighted by Crippen LogP contribution is -2.43. The molecule has 0 unspecified atom stereocenters. The number of rotatable bonds is 5. The Bertz CT molecular complexity index is 464. The maximum atomic E-state index is 11.9. The zero-order chi connectivity index (χ0) is 14.5. The van der Waals surface area contributed by atoms with E-state index in [2.05, 4.69) is 19.4 Å². The van der Waals surface area contributed by atoms with Crippen molar-refractivity contribution < 1.29 is 23.8 Å². The van der Waals surface area contributed by atoms with E-state index in [0.717, 1.165) is 0 Å². The fourth-order valence-corrected chi connectivity index (χ4v) is 1.54. The van der Waals surface area contributed by atoms with Crippen molar-refractivity contribution in [2.24, 2.45) is 0 Å². The van der Waals surface area contributed by atoms with Crippen molar-refractivity contribution in [2.75, 3.05) is 20.3 Å². The summed E-state index contributed by atoms with van der Waals surface area (Å²) in [6.07, 6.45) is 1.34. The second-order valence-corrected chi connectivity index (χ2v) is 3.80. The number of alkyl halides is 1. The Morgan fingerprint density at radius 3 is 2.37 bits per heavy atom. The molecule has 0 amide bonds. The number of carbonyl (C=O) groups excluding carboxylic acids is 2.